The molecule has 3 rings (SSSR count). The van der Waals surface area contributed by atoms with Gasteiger partial charge in [0.25, 0.3) is 5.56 Å². The summed E-state index contributed by atoms with van der Waals surface area (Å²) in [6.45, 7) is 0. The Morgan fingerprint density at radius 2 is 2.06 bits per heavy atom. The highest BCUT2D eigenvalue weighted by molar-refractivity contribution is 5.76. The summed E-state index contributed by atoms with van der Waals surface area (Å²) in [5.41, 5.74) is 6.21. The first kappa shape index (κ1) is 10.3. The van der Waals surface area contributed by atoms with Crippen molar-refractivity contribution >= 4 is 17.1 Å². The van der Waals surface area contributed by atoms with Crippen LogP contribution in [0.25, 0.3) is 22.6 Å². The minimum absolute atomic E-state index is 0.0152. The Kier molecular flexibility index (Phi) is 2.06. The molecule has 0 aliphatic heterocycles. The zero-order valence-corrected chi connectivity index (χ0v) is 9.14. The Balaban J connectivity index is 2.26. The number of hydrogen-bond donors (Lipinski definition) is 4. The molecule has 0 unspecified atom stereocenters. The predicted octanol–water partition coefficient (Wildman–Crippen LogP) is 0.601. The maximum Gasteiger partial charge on any atom is 0.278 e. The second-order valence-electron chi connectivity index (χ2n) is 3.79. The first-order chi connectivity index (χ1) is 8.63. The maximum absolute atomic E-state index is 11.6. The molecule has 0 bridgehead atoms. The van der Waals surface area contributed by atoms with Gasteiger partial charge in [0.2, 0.25) is 5.95 Å². The third-order valence-electron chi connectivity index (χ3n) is 2.50. The molecule has 90 valence electrons. The van der Waals surface area contributed by atoms with Gasteiger partial charge < -0.3 is 15.8 Å². The number of aromatic nitrogens is 4. The van der Waals surface area contributed by atoms with Crippen LogP contribution in [0.15, 0.2) is 29.1 Å². The largest absolute Gasteiger partial charge is 0.508 e. The second kappa shape index (κ2) is 3.59. The first-order valence-electron chi connectivity index (χ1n) is 5.18. The van der Waals surface area contributed by atoms with Crippen LogP contribution in [0.4, 0.5) is 5.95 Å². The molecule has 5 N–H and O–H groups in total. The van der Waals surface area contributed by atoms with Gasteiger partial charge in [-0.2, -0.15) is 4.98 Å². The summed E-state index contributed by atoms with van der Waals surface area (Å²) in [4.78, 5) is 24.9. The lowest BCUT2D eigenvalue weighted by molar-refractivity contribution is 0.475. The first-order valence-corrected chi connectivity index (χ1v) is 5.18. The fourth-order valence-electron chi connectivity index (χ4n) is 1.71. The van der Waals surface area contributed by atoms with E-state index in [9.17, 15) is 9.90 Å². The van der Waals surface area contributed by atoms with Gasteiger partial charge in [0.05, 0.1) is 0 Å². The fraction of sp³-hybridized carbons (Fsp3) is 0. The number of phenols is 1. The van der Waals surface area contributed by atoms with Gasteiger partial charge in [0.1, 0.15) is 11.6 Å². The summed E-state index contributed by atoms with van der Waals surface area (Å²) < 4.78 is 0. The van der Waals surface area contributed by atoms with E-state index in [0.717, 1.165) is 0 Å². The molecule has 2 aromatic heterocycles. The summed E-state index contributed by atoms with van der Waals surface area (Å²) in [5, 5.41) is 9.40. The minimum Gasteiger partial charge on any atom is -0.508 e. The Morgan fingerprint density at radius 3 is 2.83 bits per heavy atom. The third-order valence-corrected chi connectivity index (χ3v) is 2.50. The Morgan fingerprint density at radius 1 is 1.22 bits per heavy atom. The topological polar surface area (TPSA) is 121 Å². The molecule has 0 radical (unpaired) electrons. The molecular formula is C11H9N5O2. The van der Waals surface area contributed by atoms with Crippen molar-refractivity contribution in [1.29, 1.82) is 0 Å². The quantitative estimate of drug-likeness (QED) is 0.498. The lowest BCUT2D eigenvalue weighted by Gasteiger charge is -1.96. The van der Waals surface area contributed by atoms with E-state index in [2.05, 4.69) is 19.9 Å². The SMILES string of the molecule is Nc1nc2nc(-c3cccc(O)c3)[nH]c2c(=O)[nH]1. The molecule has 1 aromatic carbocycles. The number of anilines is 1. The third kappa shape index (κ3) is 1.58. The van der Waals surface area contributed by atoms with Gasteiger partial charge in [-0.25, -0.2) is 4.98 Å². The molecule has 0 saturated carbocycles. The number of imidazole rings is 1. The van der Waals surface area contributed by atoms with E-state index in [-0.39, 0.29) is 28.4 Å². The van der Waals surface area contributed by atoms with E-state index < -0.39 is 0 Å². The van der Waals surface area contributed by atoms with Crippen molar-refractivity contribution in [3.8, 4) is 17.1 Å². The predicted molar refractivity (Wildman–Crippen MR) is 66.0 cm³/mol. The molecule has 0 fully saturated rings. The molecule has 0 atom stereocenters. The average molecular weight is 243 g/mol. The van der Waals surface area contributed by atoms with Crippen LogP contribution < -0.4 is 11.3 Å². The van der Waals surface area contributed by atoms with E-state index in [4.69, 9.17) is 5.73 Å². The van der Waals surface area contributed by atoms with Crippen molar-refractivity contribution in [1.82, 2.24) is 19.9 Å². The lowest BCUT2D eigenvalue weighted by Crippen LogP contribution is -2.10. The van der Waals surface area contributed by atoms with Gasteiger partial charge in [0, 0.05) is 5.56 Å². The van der Waals surface area contributed by atoms with Crippen LogP contribution in [0.2, 0.25) is 0 Å². The van der Waals surface area contributed by atoms with Crippen LogP contribution in [-0.2, 0) is 0 Å². The Hall–Kier alpha value is -2.83. The molecule has 3 aromatic rings. The average Bonchev–Trinajstić information content (AvgIpc) is 2.73. The van der Waals surface area contributed by atoms with E-state index in [1.165, 1.54) is 6.07 Å². The van der Waals surface area contributed by atoms with Gasteiger partial charge >= 0.3 is 0 Å². The molecule has 7 heteroatoms. The number of nitrogen functional groups attached to an aromatic ring is 1. The molecule has 0 amide bonds. The standard InChI is InChI=1S/C11H9N5O2/c12-11-15-9-7(10(18)16-11)13-8(14-9)5-2-1-3-6(17)4-5/h1-4,17H,(H4,12,13,14,15,16,18). The molecule has 18 heavy (non-hydrogen) atoms. The number of H-pyrrole nitrogens is 2. The molecule has 7 nitrogen and oxygen atoms in total. The molecule has 0 saturated heterocycles. The van der Waals surface area contributed by atoms with Gasteiger partial charge in [-0.3, -0.25) is 9.78 Å². The highest BCUT2D eigenvalue weighted by Crippen LogP contribution is 2.21. The summed E-state index contributed by atoms with van der Waals surface area (Å²) >= 11 is 0. The van der Waals surface area contributed by atoms with Gasteiger partial charge in [0.15, 0.2) is 11.2 Å². The highest BCUT2D eigenvalue weighted by atomic mass is 16.3. The Labute approximate surface area is 100 Å². The van der Waals surface area contributed by atoms with Crippen molar-refractivity contribution in [2.24, 2.45) is 0 Å². The summed E-state index contributed by atoms with van der Waals surface area (Å²) in [5.74, 6) is 0.584. The number of nitrogens with zero attached hydrogens (tertiary/aromatic N) is 2. The molecule has 2 heterocycles. The van der Waals surface area contributed by atoms with Gasteiger partial charge in [-0.05, 0) is 12.1 Å². The van der Waals surface area contributed by atoms with Crippen molar-refractivity contribution in [2.75, 3.05) is 5.73 Å². The number of nitrogens with one attached hydrogen (secondary N) is 2. The number of aromatic amines is 2. The smallest absolute Gasteiger partial charge is 0.278 e. The Bertz CT molecular complexity index is 789. The van der Waals surface area contributed by atoms with E-state index in [1.54, 1.807) is 18.2 Å². The number of rotatable bonds is 1. The van der Waals surface area contributed by atoms with Crippen LogP contribution in [0.3, 0.4) is 0 Å². The zero-order chi connectivity index (χ0) is 12.7. The molecule has 0 aliphatic carbocycles. The summed E-state index contributed by atoms with van der Waals surface area (Å²) in [6, 6.07) is 6.53. The fourth-order valence-corrected chi connectivity index (χ4v) is 1.71. The van der Waals surface area contributed by atoms with Crippen LogP contribution in [0.1, 0.15) is 0 Å². The van der Waals surface area contributed by atoms with Crippen LogP contribution >= 0.6 is 0 Å². The van der Waals surface area contributed by atoms with Crippen molar-refractivity contribution in [3.05, 3.63) is 34.6 Å². The summed E-state index contributed by atoms with van der Waals surface area (Å²) in [6.07, 6.45) is 0. The van der Waals surface area contributed by atoms with Crippen molar-refractivity contribution in [2.45, 2.75) is 0 Å². The number of fused-ring (bicyclic) bond motifs is 1. The number of benzene rings is 1. The monoisotopic (exact) mass is 243 g/mol. The maximum atomic E-state index is 11.6. The number of hydrogen-bond acceptors (Lipinski definition) is 5. The van der Waals surface area contributed by atoms with Crippen LogP contribution in [0, 0.1) is 0 Å². The lowest BCUT2D eigenvalue weighted by atomic mass is 10.2. The second-order valence-corrected chi connectivity index (χ2v) is 3.79. The number of phenolic OH excluding ortho intramolecular Hbond substituents is 1. The molecule has 0 spiro atoms. The number of nitrogens with two attached hydrogens (primary N) is 1. The molecular weight excluding hydrogens is 234 g/mol. The van der Waals surface area contributed by atoms with Crippen LogP contribution in [0.5, 0.6) is 5.75 Å². The van der Waals surface area contributed by atoms with Gasteiger partial charge in [-0.15, -0.1) is 0 Å². The minimum atomic E-state index is -0.378. The van der Waals surface area contributed by atoms with E-state index in [1.807, 2.05) is 0 Å². The normalized spacial score (nSPS) is 10.9. The highest BCUT2D eigenvalue weighted by Gasteiger charge is 2.10. The zero-order valence-electron chi connectivity index (χ0n) is 9.14. The molecule has 0 aliphatic rings. The van der Waals surface area contributed by atoms with E-state index in [0.29, 0.717) is 11.4 Å². The van der Waals surface area contributed by atoms with Crippen molar-refractivity contribution < 1.29 is 5.11 Å². The summed E-state index contributed by atoms with van der Waals surface area (Å²) in [7, 11) is 0. The van der Waals surface area contributed by atoms with Crippen molar-refractivity contribution in [3.63, 3.8) is 0 Å². The number of aromatic hydroxyl groups is 1. The van der Waals surface area contributed by atoms with Crippen LogP contribution in [-0.4, -0.2) is 25.0 Å². The van der Waals surface area contributed by atoms with Gasteiger partial charge in [-0.1, -0.05) is 12.1 Å². The van der Waals surface area contributed by atoms with E-state index >= 15 is 0 Å².